The molecule has 18 heavy (non-hydrogen) atoms. The van der Waals surface area contributed by atoms with Gasteiger partial charge in [0.05, 0.1) is 0 Å². The van der Waals surface area contributed by atoms with E-state index in [9.17, 15) is 0 Å². The maximum atomic E-state index is 3.78. The molecule has 0 atom stereocenters. The molecule has 0 heterocycles. The van der Waals surface area contributed by atoms with Gasteiger partial charge in [0.15, 0.2) is 0 Å². The number of rotatable bonds is 0. The molecule has 0 saturated carbocycles. The second kappa shape index (κ2) is 5.18. The summed E-state index contributed by atoms with van der Waals surface area (Å²) in [6, 6.07) is 13.6. The molecular weight excluding hydrogens is 352 g/mol. The Morgan fingerprint density at radius 2 is 1.11 bits per heavy atom. The van der Waals surface area contributed by atoms with Crippen LogP contribution in [0.2, 0.25) is 0 Å². The zero-order chi connectivity index (χ0) is 12.5. The average Bonchev–Trinajstić information content (AvgIpc) is 2.41. The lowest BCUT2D eigenvalue weighted by Gasteiger charge is -2.10. The third kappa shape index (κ3) is 2.55. The summed E-state index contributed by atoms with van der Waals surface area (Å²) in [7, 11) is 0. The Bertz CT molecular complexity index is 522. The molecule has 2 aliphatic rings. The fraction of sp³-hybridized carbons (Fsp3) is 0.250. The Hall–Kier alpha value is -0.600. The minimum Gasteiger partial charge on any atom is -0.0588 e. The van der Waals surface area contributed by atoms with Gasteiger partial charge in [0.2, 0.25) is 0 Å². The Balaban J connectivity index is 2.07. The standard InChI is InChI=1S/C16H14Br2/c17-15-9-13-7-5-11-1-2-12(4-3-11)6-8-14(10-15)16(13)18/h1-4,9-10H,5-8H2. The molecule has 2 aromatic rings. The first-order valence-electron chi connectivity index (χ1n) is 6.27. The van der Waals surface area contributed by atoms with Crippen molar-refractivity contribution in [3.05, 3.63) is 67.6 Å². The molecule has 4 bridgehead atoms. The molecule has 0 aromatic heterocycles. The van der Waals surface area contributed by atoms with Gasteiger partial charge in [-0.3, -0.25) is 0 Å². The topological polar surface area (TPSA) is 0 Å². The summed E-state index contributed by atoms with van der Waals surface area (Å²) in [6.07, 6.45) is 4.39. The van der Waals surface area contributed by atoms with E-state index >= 15 is 0 Å². The number of hydrogen-bond donors (Lipinski definition) is 0. The molecule has 2 aliphatic carbocycles. The minimum absolute atomic E-state index is 1.09. The normalized spacial score (nSPS) is 14.3. The molecule has 0 nitrogen and oxygen atoms in total. The Labute approximate surface area is 125 Å². The fourth-order valence-electron chi connectivity index (χ4n) is 2.50. The number of aryl methyl sites for hydroxylation is 4. The van der Waals surface area contributed by atoms with Gasteiger partial charge in [0, 0.05) is 8.95 Å². The summed E-state index contributed by atoms with van der Waals surface area (Å²) in [6.45, 7) is 0. The van der Waals surface area contributed by atoms with Gasteiger partial charge in [0.1, 0.15) is 0 Å². The van der Waals surface area contributed by atoms with Gasteiger partial charge in [-0.05, 0) is 60.1 Å². The first-order valence-corrected chi connectivity index (χ1v) is 7.85. The lowest BCUT2D eigenvalue weighted by molar-refractivity contribution is 0.936. The van der Waals surface area contributed by atoms with Crippen LogP contribution in [-0.4, -0.2) is 0 Å². The van der Waals surface area contributed by atoms with Crippen molar-refractivity contribution in [3.63, 3.8) is 0 Å². The van der Waals surface area contributed by atoms with Crippen molar-refractivity contribution in [2.24, 2.45) is 0 Å². The summed E-state index contributed by atoms with van der Waals surface area (Å²) < 4.78 is 2.49. The van der Waals surface area contributed by atoms with Crippen molar-refractivity contribution >= 4 is 31.9 Å². The Morgan fingerprint density at radius 1 is 0.667 bits per heavy atom. The number of benzene rings is 2. The predicted molar refractivity (Wildman–Crippen MR) is 83.1 cm³/mol. The Morgan fingerprint density at radius 3 is 1.56 bits per heavy atom. The highest BCUT2D eigenvalue weighted by atomic mass is 79.9. The van der Waals surface area contributed by atoms with E-state index in [1.807, 2.05) is 0 Å². The third-order valence-electron chi connectivity index (χ3n) is 3.58. The number of fused-ring (bicyclic) bond motifs is 4. The van der Waals surface area contributed by atoms with Crippen molar-refractivity contribution in [2.75, 3.05) is 0 Å². The van der Waals surface area contributed by atoms with E-state index in [0.29, 0.717) is 0 Å². The first-order chi connectivity index (χ1) is 8.72. The van der Waals surface area contributed by atoms with E-state index in [1.54, 1.807) is 0 Å². The molecule has 2 heteroatoms. The maximum absolute atomic E-state index is 3.78. The number of hydrogen-bond acceptors (Lipinski definition) is 0. The van der Waals surface area contributed by atoms with Crippen LogP contribution in [0.5, 0.6) is 0 Å². The lowest BCUT2D eigenvalue weighted by Crippen LogP contribution is -1.96. The van der Waals surface area contributed by atoms with Gasteiger partial charge < -0.3 is 0 Å². The van der Waals surface area contributed by atoms with E-state index in [1.165, 1.54) is 31.2 Å². The van der Waals surface area contributed by atoms with Crippen molar-refractivity contribution < 1.29 is 0 Å². The van der Waals surface area contributed by atoms with Crippen LogP contribution in [0.4, 0.5) is 0 Å². The van der Waals surface area contributed by atoms with Crippen LogP contribution in [-0.2, 0) is 25.7 Å². The average molecular weight is 366 g/mol. The molecule has 0 saturated heterocycles. The highest BCUT2D eigenvalue weighted by Crippen LogP contribution is 2.29. The van der Waals surface area contributed by atoms with Crippen LogP contribution in [0.15, 0.2) is 45.3 Å². The molecular formula is C16H14Br2. The van der Waals surface area contributed by atoms with Gasteiger partial charge in [-0.1, -0.05) is 56.1 Å². The van der Waals surface area contributed by atoms with Gasteiger partial charge in [-0.15, -0.1) is 0 Å². The molecule has 0 unspecified atom stereocenters. The second-order valence-electron chi connectivity index (χ2n) is 4.85. The van der Waals surface area contributed by atoms with Crippen LogP contribution >= 0.6 is 31.9 Å². The van der Waals surface area contributed by atoms with Crippen LogP contribution in [0.1, 0.15) is 22.3 Å². The van der Waals surface area contributed by atoms with Crippen LogP contribution in [0.3, 0.4) is 0 Å². The zero-order valence-corrected chi connectivity index (χ0v) is 13.2. The van der Waals surface area contributed by atoms with E-state index < -0.39 is 0 Å². The summed E-state index contributed by atoms with van der Waals surface area (Å²) in [5.41, 5.74) is 5.66. The van der Waals surface area contributed by atoms with Crippen molar-refractivity contribution in [3.8, 4) is 0 Å². The highest BCUT2D eigenvalue weighted by Gasteiger charge is 2.10. The van der Waals surface area contributed by atoms with Gasteiger partial charge >= 0.3 is 0 Å². The van der Waals surface area contributed by atoms with E-state index in [4.69, 9.17) is 0 Å². The molecule has 0 spiro atoms. The van der Waals surface area contributed by atoms with Crippen molar-refractivity contribution in [1.82, 2.24) is 0 Å². The monoisotopic (exact) mass is 364 g/mol. The van der Waals surface area contributed by atoms with Gasteiger partial charge in [0.25, 0.3) is 0 Å². The summed E-state index contributed by atoms with van der Waals surface area (Å²) in [4.78, 5) is 0. The molecule has 0 fully saturated rings. The SMILES string of the molecule is Brc1cc2c(Br)c(c1)CCc1ccc(cc1)CC2. The molecule has 0 N–H and O–H groups in total. The smallest absolute Gasteiger partial charge is 0.0240 e. The maximum Gasteiger partial charge on any atom is 0.0240 e. The van der Waals surface area contributed by atoms with Crippen LogP contribution in [0.25, 0.3) is 0 Å². The van der Waals surface area contributed by atoms with Gasteiger partial charge in [-0.25, -0.2) is 0 Å². The molecule has 92 valence electrons. The molecule has 0 radical (unpaired) electrons. The molecule has 0 amide bonds. The van der Waals surface area contributed by atoms with Crippen molar-refractivity contribution in [1.29, 1.82) is 0 Å². The Kier molecular flexibility index (Phi) is 3.58. The number of halogens is 2. The second-order valence-corrected chi connectivity index (χ2v) is 6.56. The fourth-order valence-corrected chi connectivity index (χ4v) is 3.68. The van der Waals surface area contributed by atoms with Crippen molar-refractivity contribution in [2.45, 2.75) is 25.7 Å². The first kappa shape index (κ1) is 12.4. The van der Waals surface area contributed by atoms with E-state index in [0.717, 1.165) is 25.7 Å². The quantitative estimate of drug-likeness (QED) is 0.609. The predicted octanol–water partition coefficient (Wildman–Crippen LogP) is 5.10. The van der Waals surface area contributed by atoms with Crippen LogP contribution in [0, 0.1) is 0 Å². The van der Waals surface area contributed by atoms with E-state index in [2.05, 4.69) is 68.3 Å². The van der Waals surface area contributed by atoms with E-state index in [-0.39, 0.29) is 0 Å². The lowest BCUT2D eigenvalue weighted by atomic mass is 10.0. The van der Waals surface area contributed by atoms with Crippen LogP contribution < -0.4 is 0 Å². The van der Waals surface area contributed by atoms with Gasteiger partial charge in [-0.2, -0.15) is 0 Å². The molecule has 4 rings (SSSR count). The summed E-state index contributed by atoms with van der Waals surface area (Å²) in [5.74, 6) is 0. The molecule has 2 aromatic carbocycles. The highest BCUT2D eigenvalue weighted by molar-refractivity contribution is 9.11. The third-order valence-corrected chi connectivity index (χ3v) is 5.05. The minimum atomic E-state index is 1.09. The largest absolute Gasteiger partial charge is 0.0588 e. The molecule has 0 aliphatic heterocycles. The zero-order valence-electron chi connectivity index (χ0n) is 10.0. The summed E-state index contributed by atoms with van der Waals surface area (Å²) >= 11 is 7.40. The summed E-state index contributed by atoms with van der Waals surface area (Å²) in [5, 5.41) is 0.